The van der Waals surface area contributed by atoms with Gasteiger partial charge in [0.25, 0.3) is 0 Å². The minimum atomic E-state index is 0.118. The van der Waals surface area contributed by atoms with Crippen LogP contribution in [-0.4, -0.2) is 5.78 Å². The highest BCUT2D eigenvalue weighted by molar-refractivity contribution is 9.10. The van der Waals surface area contributed by atoms with E-state index in [1.54, 1.807) is 11.3 Å². The van der Waals surface area contributed by atoms with Crippen LogP contribution in [0.2, 0.25) is 0 Å². The Hall–Kier alpha value is -0.450. The van der Waals surface area contributed by atoms with Crippen LogP contribution < -0.4 is 0 Å². The summed E-state index contributed by atoms with van der Waals surface area (Å²) in [5.74, 6) is 0.118. The van der Waals surface area contributed by atoms with Gasteiger partial charge in [0.05, 0.1) is 4.88 Å². The van der Waals surface area contributed by atoms with Gasteiger partial charge in [0.2, 0.25) is 5.78 Å². The first-order valence-corrected chi connectivity index (χ1v) is 7.12. The minimum absolute atomic E-state index is 0.118. The monoisotopic (exact) mass is 300 g/mol. The van der Waals surface area contributed by atoms with Crippen LogP contribution in [0, 0.1) is 0 Å². The Morgan fingerprint density at radius 1 is 1.40 bits per heavy atom. The second kappa shape index (κ2) is 4.60. The number of hydrogen-bond donors (Lipinski definition) is 0. The molecule has 0 aliphatic carbocycles. The van der Waals surface area contributed by atoms with E-state index in [1.165, 1.54) is 16.2 Å². The molecule has 1 nitrogen and oxygen atoms in total. The SMILES string of the molecule is CCc1ccc(C(=O)c2cscc2Br)s1. The van der Waals surface area contributed by atoms with Gasteiger partial charge >= 0.3 is 0 Å². The van der Waals surface area contributed by atoms with Gasteiger partial charge in [-0.1, -0.05) is 6.92 Å². The van der Waals surface area contributed by atoms with Crippen LogP contribution in [0.3, 0.4) is 0 Å². The van der Waals surface area contributed by atoms with Crippen molar-refractivity contribution in [1.82, 2.24) is 0 Å². The predicted molar refractivity (Wildman–Crippen MR) is 69.1 cm³/mol. The molecule has 0 amide bonds. The van der Waals surface area contributed by atoms with Crippen LogP contribution in [0.4, 0.5) is 0 Å². The number of halogens is 1. The first-order valence-electron chi connectivity index (χ1n) is 4.57. The van der Waals surface area contributed by atoms with Gasteiger partial charge in [0.1, 0.15) is 0 Å². The fraction of sp³-hybridized carbons (Fsp3) is 0.182. The second-order valence-electron chi connectivity index (χ2n) is 3.08. The maximum absolute atomic E-state index is 12.0. The van der Waals surface area contributed by atoms with Gasteiger partial charge in [-0.2, -0.15) is 11.3 Å². The number of ketones is 1. The van der Waals surface area contributed by atoms with E-state index in [9.17, 15) is 4.79 Å². The van der Waals surface area contributed by atoms with E-state index in [4.69, 9.17) is 0 Å². The van der Waals surface area contributed by atoms with Crippen molar-refractivity contribution in [1.29, 1.82) is 0 Å². The lowest BCUT2D eigenvalue weighted by atomic mass is 10.2. The van der Waals surface area contributed by atoms with Crippen molar-refractivity contribution >= 4 is 44.4 Å². The zero-order chi connectivity index (χ0) is 10.8. The molecule has 0 radical (unpaired) electrons. The third kappa shape index (κ3) is 2.22. The molecule has 0 spiro atoms. The molecule has 2 heterocycles. The molecule has 0 saturated heterocycles. The number of thiophene rings is 2. The molecule has 0 aliphatic heterocycles. The van der Waals surface area contributed by atoms with Crippen molar-refractivity contribution in [3.8, 4) is 0 Å². The topological polar surface area (TPSA) is 17.1 Å². The van der Waals surface area contributed by atoms with Crippen LogP contribution >= 0.6 is 38.6 Å². The molecule has 0 aromatic carbocycles. The summed E-state index contributed by atoms with van der Waals surface area (Å²) in [5.41, 5.74) is 0.768. The first kappa shape index (κ1) is 11.0. The van der Waals surface area contributed by atoms with Crippen LogP contribution in [-0.2, 0) is 6.42 Å². The van der Waals surface area contributed by atoms with Crippen LogP contribution in [0.5, 0.6) is 0 Å². The molecule has 0 unspecified atom stereocenters. The summed E-state index contributed by atoms with van der Waals surface area (Å²) in [6.07, 6.45) is 0.989. The Morgan fingerprint density at radius 3 is 2.73 bits per heavy atom. The van der Waals surface area contributed by atoms with Gasteiger partial charge < -0.3 is 0 Å². The van der Waals surface area contributed by atoms with Crippen LogP contribution in [0.25, 0.3) is 0 Å². The van der Waals surface area contributed by atoms with E-state index in [1.807, 2.05) is 22.9 Å². The third-order valence-corrected chi connectivity index (χ3v) is 5.02. The van der Waals surface area contributed by atoms with Gasteiger partial charge in [-0.3, -0.25) is 4.79 Å². The number of rotatable bonds is 3. The summed E-state index contributed by atoms with van der Waals surface area (Å²) in [5, 5.41) is 3.82. The van der Waals surface area contributed by atoms with Crippen molar-refractivity contribution < 1.29 is 4.79 Å². The van der Waals surface area contributed by atoms with E-state index < -0.39 is 0 Å². The Labute approximate surface area is 105 Å². The Morgan fingerprint density at radius 2 is 2.20 bits per heavy atom. The predicted octanol–water partition coefficient (Wildman–Crippen LogP) is 4.37. The molecule has 2 aromatic heterocycles. The van der Waals surface area contributed by atoms with E-state index >= 15 is 0 Å². The number of carbonyl (C=O) groups excluding carboxylic acids is 1. The molecule has 15 heavy (non-hydrogen) atoms. The average molecular weight is 301 g/mol. The molecular formula is C11H9BrOS2. The normalized spacial score (nSPS) is 10.5. The van der Waals surface area contributed by atoms with Crippen molar-refractivity contribution in [3.05, 3.63) is 42.7 Å². The van der Waals surface area contributed by atoms with Crippen LogP contribution in [0.1, 0.15) is 27.0 Å². The number of carbonyl (C=O) groups is 1. The van der Waals surface area contributed by atoms with Gasteiger partial charge in [-0.05, 0) is 34.5 Å². The van der Waals surface area contributed by atoms with E-state index in [-0.39, 0.29) is 5.78 Å². The largest absolute Gasteiger partial charge is 0.288 e. The molecule has 0 N–H and O–H groups in total. The van der Waals surface area contributed by atoms with Crippen molar-refractivity contribution in [2.24, 2.45) is 0 Å². The number of hydrogen-bond acceptors (Lipinski definition) is 3. The second-order valence-corrected chi connectivity index (χ2v) is 5.85. The highest BCUT2D eigenvalue weighted by atomic mass is 79.9. The average Bonchev–Trinajstić information content (AvgIpc) is 2.84. The maximum Gasteiger partial charge on any atom is 0.204 e. The van der Waals surface area contributed by atoms with Crippen molar-refractivity contribution in [2.75, 3.05) is 0 Å². The molecule has 0 fully saturated rings. The summed E-state index contributed by atoms with van der Waals surface area (Å²) in [6, 6.07) is 3.94. The van der Waals surface area contributed by atoms with E-state index in [0.717, 1.165) is 21.3 Å². The van der Waals surface area contributed by atoms with Crippen molar-refractivity contribution in [3.63, 3.8) is 0 Å². The molecule has 2 rings (SSSR count). The third-order valence-electron chi connectivity index (χ3n) is 2.09. The van der Waals surface area contributed by atoms with Gasteiger partial charge in [-0.15, -0.1) is 11.3 Å². The standard InChI is InChI=1S/C11H9BrOS2/c1-2-7-3-4-10(15-7)11(13)8-5-14-6-9(8)12/h3-6H,2H2,1H3. The summed E-state index contributed by atoms with van der Waals surface area (Å²) in [7, 11) is 0. The lowest BCUT2D eigenvalue weighted by molar-refractivity contribution is 0.104. The van der Waals surface area contributed by atoms with Gasteiger partial charge in [0, 0.05) is 25.7 Å². The molecule has 0 aliphatic rings. The summed E-state index contributed by atoms with van der Waals surface area (Å²) >= 11 is 6.50. The quantitative estimate of drug-likeness (QED) is 0.770. The zero-order valence-electron chi connectivity index (χ0n) is 8.12. The maximum atomic E-state index is 12.0. The Bertz CT molecular complexity index is 484. The zero-order valence-corrected chi connectivity index (χ0v) is 11.3. The summed E-state index contributed by atoms with van der Waals surface area (Å²) in [6.45, 7) is 2.10. The lowest BCUT2D eigenvalue weighted by Gasteiger charge is -1.94. The molecule has 0 bridgehead atoms. The van der Waals surface area contributed by atoms with Crippen molar-refractivity contribution in [2.45, 2.75) is 13.3 Å². The molecule has 78 valence electrons. The summed E-state index contributed by atoms with van der Waals surface area (Å²) < 4.78 is 0.893. The Kier molecular flexibility index (Phi) is 3.38. The summed E-state index contributed by atoms with van der Waals surface area (Å²) in [4.78, 5) is 14.1. The van der Waals surface area contributed by atoms with Gasteiger partial charge in [0.15, 0.2) is 0 Å². The highest BCUT2D eigenvalue weighted by Crippen LogP contribution is 2.27. The van der Waals surface area contributed by atoms with E-state index in [2.05, 4.69) is 22.9 Å². The van der Waals surface area contributed by atoms with E-state index in [0.29, 0.717) is 0 Å². The van der Waals surface area contributed by atoms with Crippen LogP contribution in [0.15, 0.2) is 27.4 Å². The molecule has 0 saturated carbocycles. The fourth-order valence-electron chi connectivity index (χ4n) is 1.27. The Balaban J connectivity index is 2.32. The highest BCUT2D eigenvalue weighted by Gasteiger charge is 2.14. The smallest absolute Gasteiger partial charge is 0.204 e. The minimum Gasteiger partial charge on any atom is -0.288 e. The fourth-order valence-corrected chi connectivity index (χ4v) is 3.62. The first-order chi connectivity index (χ1) is 7.22. The molecule has 4 heteroatoms. The lowest BCUT2D eigenvalue weighted by Crippen LogP contribution is -1.96. The molecule has 2 aromatic rings. The molecule has 0 atom stereocenters. The molecular weight excluding hydrogens is 292 g/mol. The number of aryl methyl sites for hydroxylation is 1. The van der Waals surface area contributed by atoms with Gasteiger partial charge in [-0.25, -0.2) is 0 Å².